The molecule has 0 radical (unpaired) electrons. The van der Waals surface area contributed by atoms with Crippen LogP contribution in [0.4, 0.5) is 0 Å². The summed E-state index contributed by atoms with van der Waals surface area (Å²) in [6, 6.07) is 6.83. The average Bonchev–Trinajstić information content (AvgIpc) is 2.37. The molecular formula is C16H22N2O. The number of hydrogen-bond donors (Lipinski definition) is 0. The highest BCUT2D eigenvalue weighted by atomic mass is 16.5. The quantitative estimate of drug-likeness (QED) is 0.836. The number of morpholine rings is 1. The van der Waals surface area contributed by atoms with E-state index < -0.39 is 0 Å². The molecule has 2 rings (SSSR count). The van der Waals surface area contributed by atoms with Crippen molar-refractivity contribution in [3.05, 3.63) is 34.4 Å². The fraction of sp³-hybridized carbons (Fsp3) is 0.562. The minimum absolute atomic E-state index is 0.0429. The van der Waals surface area contributed by atoms with Crippen LogP contribution < -0.4 is 0 Å². The summed E-state index contributed by atoms with van der Waals surface area (Å²) in [5.74, 6) is -0.0429. The minimum atomic E-state index is -0.0429. The van der Waals surface area contributed by atoms with Gasteiger partial charge in [-0.3, -0.25) is 4.90 Å². The van der Waals surface area contributed by atoms with Crippen molar-refractivity contribution in [3.8, 4) is 6.07 Å². The van der Waals surface area contributed by atoms with Crippen LogP contribution in [0, 0.1) is 32.1 Å². The van der Waals surface area contributed by atoms with Crippen molar-refractivity contribution in [1.82, 2.24) is 4.90 Å². The average molecular weight is 258 g/mol. The van der Waals surface area contributed by atoms with Crippen molar-refractivity contribution in [1.29, 1.82) is 5.26 Å². The van der Waals surface area contributed by atoms with Crippen LogP contribution >= 0.6 is 0 Å². The van der Waals surface area contributed by atoms with E-state index in [0.717, 1.165) is 32.8 Å². The van der Waals surface area contributed by atoms with Gasteiger partial charge in [0.1, 0.15) is 0 Å². The van der Waals surface area contributed by atoms with Gasteiger partial charge in [-0.25, -0.2) is 0 Å². The molecule has 0 saturated carbocycles. The summed E-state index contributed by atoms with van der Waals surface area (Å²) < 4.78 is 5.36. The lowest BCUT2D eigenvalue weighted by molar-refractivity contribution is 0.0370. The Labute approximate surface area is 115 Å². The Morgan fingerprint density at radius 3 is 2.32 bits per heavy atom. The molecule has 1 aromatic carbocycles. The van der Waals surface area contributed by atoms with Gasteiger partial charge in [-0.05, 0) is 37.5 Å². The highest BCUT2D eigenvalue weighted by molar-refractivity contribution is 5.42. The van der Waals surface area contributed by atoms with Gasteiger partial charge in [0, 0.05) is 19.6 Å². The first-order valence-corrected chi connectivity index (χ1v) is 6.89. The largest absolute Gasteiger partial charge is 0.379 e. The molecule has 0 N–H and O–H groups in total. The number of benzene rings is 1. The Bertz CT molecular complexity index is 461. The first kappa shape index (κ1) is 14.0. The second-order valence-corrected chi connectivity index (χ2v) is 5.41. The maximum absolute atomic E-state index is 9.52. The standard InChI is InChI=1S/C16H22N2O/c1-12-8-13(2)16(14(3)9-12)15(10-17)11-18-4-6-19-7-5-18/h8-9,15H,4-7,11H2,1-3H3. The third-order valence-corrected chi connectivity index (χ3v) is 3.79. The van der Waals surface area contributed by atoms with Gasteiger partial charge in [-0.2, -0.15) is 5.26 Å². The Kier molecular flexibility index (Phi) is 4.57. The van der Waals surface area contributed by atoms with Crippen LogP contribution in [-0.4, -0.2) is 37.7 Å². The molecule has 1 aliphatic heterocycles. The third kappa shape index (κ3) is 3.34. The van der Waals surface area contributed by atoms with Gasteiger partial charge in [0.25, 0.3) is 0 Å². The van der Waals surface area contributed by atoms with E-state index in [1.165, 1.54) is 22.3 Å². The molecule has 102 valence electrons. The van der Waals surface area contributed by atoms with Gasteiger partial charge >= 0.3 is 0 Å². The highest BCUT2D eigenvalue weighted by Crippen LogP contribution is 2.26. The molecule has 0 aromatic heterocycles. The van der Waals surface area contributed by atoms with E-state index in [9.17, 15) is 5.26 Å². The molecule has 0 spiro atoms. The number of nitriles is 1. The summed E-state index contributed by atoms with van der Waals surface area (Å²) in [6.45, 7) is 10.6. The van der Waals surface area contributed by atoms with Crippen LogP contribution in [0.1, 0.15) is 28.2 Å². The van der Waals surface area contributed by atoms with Crippen LogP contribution in [0.5, 0.6) is 0 Å². The van der Waals surface area contributed by atoms with Crippen LogP contribution in [0.25, 0.3) is 0 Å². The Hall–Kier alpha value is -1.37. The van der Waals surface area contributed by atoms with E-state index in [0.29, 0.717) is 0 Å². The van der Waals surface area contributed by atoms with Crippen molar-refractivity contribution in [2.45, 2.75) is 26.7 Å². The molecular weight excluding hydrogens is 236 g/mol. The first-order chi connectivity index (χ1) is 9.11. The Morgan fingerprint density at radius 1 is 1.21 bits per heavy atom. The minimum Gasteiger partial charge on any atom is -0.379 e. The van der Waals surface area contributed by atoms with Crippen LogP contribution in [0.15, 0.2) is 12.1 Å². The van der Waals surface area contributed by atoms with Crippen molar-refractivity contribution >= 4 is 0 Å². The Balaban J connectivity index is 2.20. The van der Waals surface area contributed by atoms with Gasteiger partial charge in [0.2, 0.25) is 0 Å². The topological polar surface area (TPSA) is 36.3 Å². The van der Waals surface area contributed by atoms with Crippen LogP contribution in [-0.2, 0) is 4.74 Å². The molecule has 1 saturated heterocycles. The monoisotopic (exact) mass is 258 g/mol. The third-order valence-electron chi connectivity index (χ3n) is 3.79. The fourth-order valence-electron chi connectivity index (χ4n) is 2.98. The molecule has 1 aliphatic rings. The van der Waals surface area contributed by atoms with E-state index in [1.807, 2.05) is 0 Å². The lowest BCUT2D eigenvalue weighted by Gasteiger charge is -2.29. The summed E-state index contributed by atoms with van der Waals surface area (Å²) in [5.41, 5.74) is 4.94. The predicted octanol–water partition coefficient (Wildman–Crippen LogP) is 2.55. The number of rotatable bonds is 3. The molecule has 19 heavy (non-hydrogen) atoms. The number of nitrogens with zero attached hydrogens (tertiary/aromatic N) is 2. The number of ether oxygens (including phenoxy) is 1. The smallest absolute Gasteiger partial charge is 0.0844 e. The van der Waals surface area contributed by atoms with Crippen molar-refractivity contribution < 1.29 is 4.74 Å². The van der Waals surface area contributed by atoms with Crippen LogP contribution in [0.2, 0.25) is 0 Å². The maximum Gasteiger partial charge on any atom is 0.0844 e. The van der Waals surface area contributed by atoms with Gasteiger partial charge < -0.3 is 4.74 Å². The first-order valence-electron chi connectivity index (χ1n) is 6.89. The Morgan fingerprint density at radius 2 is 1.79 bits per heavy atom. The fourth-order valence-corrected chi connectivity index (χ4v) is 2.98. The molecule has 1 unspecified atom stereocenters. The van der Waals surface area contributed by atoms with Crippen molar-refractivity contribution in [2.24, 2.45) is 0 Å². The molecule has 1 heterocycles. The van der Waals surface area contributed by atoms with E-state index >= 15 is 0 Å². The van der Waals surface area contributed by atoms with E-state index in [-0.39, 0.29) is 5.92 Å². The summed E-state index contributed by atoms with van der Waals surface area (Å²) >= 11 is 0. The zero-order valence-electron chi connectivity index (χ0n) is 12.1. The van der Waals surface area contributed by atoms with Gasteiger partial charge in [0.15, 0.2) is 0 Å². The summed E-state index contributed by atoms with van der Waals surface area (Å²) in [6.07, 6.45) is 0. The molecule has 3 nitrogen and oxygen atoms in total. The van der Waals surface area contributed by atoms with Crippen molar-refractivity contribution in [2.75, 3.05) is 32.8 Å². The van der Waals surface area contributed by atoms with Gasteiger partial charge in [-0.1, -0.05) is 17.7 Å². The second-order valence-electron chi connectivity index (χ2n) is 5.41. The molecule has 1 fully saturated rings. The second kappa shape index (κ2) is 6.18. The molecule has 0 amide bonds. The number of aryl methyl sites for hydroxylation is 3. The number of hydrogen-bond acceptors (Lipinski definition) is 3. The molecule has 0 aliphatic carbocycles. The summed E-state index contributed by atoms with van der Waals surface area (Å²) in [5, 5.41) is 9.52. The SMILES string of the molecule is Cc1cc(C)c(C(C#N)CN2CCOCC2)c(C)c1. The van der Waals surface area contributed by atoms with Crippen LogP contribution in [0.3, 0.4) is 0 Å². The zero-order chi connectivity index (χ0) is 13.8. The normalized spacial score (nSPS) is 18.0. The van der Waals surface area contributed by atoms with Gasteiger partial charge in [-0.15, -0.1) is 0 Å². The summed E-state index contributed by atoms with van der Waals surface area (Å²) in [4.78, 5) is 2.33. The molecule has 1 aromatic rings. The predicted molar refractivity (Wildman–Crippen MR) is 76.3 cm³/mol. The molecule has 0 bridgehead atoms. The van der Waals surface area contributed by atoms with Gasteiger partial charge in [0.05, 0.1) is 25.2 Å². The lowest BCUT2D eigenvalue weighted by Crippen LogP contribution is -2.38. The molecule has 1 atom stereocenters. The van der Waals surface area contributed by atoms with E-state index in [1.54, 1.807) is 0 Å². The van der Waals surface area contributed by atoms with E-state index in [4.69, 9.17) is 4.74 Å². The highest BCUT2D eigenvalue weighted by Gasteiger charge is 2.20. The molecule has 3 heteroatoms. The zero-order valence-corrected chi connectivity index (χ0v) is 12.1. The maximum atomic E-state index is 9.52. The van der Waals surface area contributed by atoms with Crippen molar-refractivity contribution in [3.63, 3.8) is 0 Å². The van der Waals surface area contributed by atoms with E-state index in [2.05, 4.69) is 43.9 Å². The summed E-state index contributed by atoms with van der Waals surface area (Å²) in [7, 11) is 0. The lowest BCUT2D eigenvalue weighted by atomic mass is 9.89.